The summed E-state index contributed by atoms with van der Waals surface area (Å²) in [4.78, 5) is 0. The molecule has 2 aromatic carbocycles. The number of halogens is 1. The molecule has 0 bridgehead atoms. The second kappa shape index (κ2) is 6.91. The summed E-state index contributed by atoms with van der Waals surface area (Å²) in [7, 11) is 0. The molecular weight excluding hydrogens is 314 g/mol. The summed E-state index contributed by atoms with van der Waals surface area (Å²) in [6, 6.07) is 12.5. The predicted molar refractivity (Wildman–Crippen MR) is 87.1 cm³/mol. The lowest BCUT2D eigenvalue weighted by Gasteiger charge is -2.13. The maximum atomic E-state index is 5.94. The fourth-order valence-corrected chi connectivity index (χ4v) is 2.75. The molecule has 2 N–H and O–H groups in total. The molecular formula is C17H20BrNO. The van der Waals surface area contributed by atoms with Gasteiger partial charge in [-0.1, -0.05) is 24.3 Å². The largest absolute Gasteiger partial charge is 0.488 e. The van der Waals surface area contributed by atoms with Gasteiger partial charge in [0.2, 0.25) is 0 Å². The van der Waals surface area contributed by atoms with Gasteiger partial charge in [0.05, 0.1) is 4.47 Å². The van der Waals surface area contributed by atoms with Gasteiger partial charge in [-0.2, -0.15) is 0 Å². The average Bonchev–Trinajstić information content (AvgIpc) is 2.40. The lowest BCUT2D eigenvalue weighted by molar-refractivity contribution is 0.302. The predicted octanol–water partition coefficient (Wildman–Crippen LogP) is 4.15. The van der Waals surface area contributed by atoms with Crippen LogP contribution >= 0.6 is 15.9 Å². The zero-order valence-corrected chi connectivity index (χ0v) is 13.5. The van der Waals surface area contributed by atoms with E-state index in [1.54, 1.807) is 0 Å². The monoisotopic (exact) mass is 333 g/mol. The third kappa shape index (κ3) is 3.62. The van der Waals surface area contributed by atoms with E-state index in [1.807, 2.05) is 6.07 Å². The Kier molecular flexibility index (Phi) is 5.21. The van der Waals surface area contributed by atoms with Crippen LogP contribution in [0, 0.1) is 13.8 Å². The summed E-state index contributed by atoms with van der Waals surface area (Å²) >= 11 is 3.56. The molecule has 0 saturated carbocycles. The van der Waals surface area contributed by atoms with Gasteiger partial charge in [-0.05, 0) is 77.1 Å². The van der Waals surface area contributed by atoms with E-state index in [0.717, 1.165) is 16.6 Å². The maximum absolute atomic E-state index is 5.94. The van der Waals surface area contributed by atoms with Crippen molar-refractivity contribution in [3.05, 3.63) is 63.1 Å². The quantitative estimate of drug-likeness (QED) is 0.892. The minimum atomic E-state index is 0.591. The zero-order chi connectivity index (χ0) is 14.5. The van der Waals surface area contributed by atoms with Crippen molar-refractivity contribution < 1.29 is 4.74 Å². The van der Waals surface area contributed by atoms with Crippen LogP contribution in [0.3, 0.4) is 0 Å². The molecule has 2 nitrogen and oxygen atoms in total. The first-order valence-electron chi connectivity index (χ1n) is 6.78. The molecule has 0 radical (unpaired) electrons. The van der Waals surface area contributed by atoms with Crippen molar-refractivity contribution in [2.45, 2.75) is 26.9 Å². The van der Waals surface area contributed by atoms with E-state index in [9.17, 15) is 0 Å². The Morgan fingerprint density at radius 1 is 1.10 bits per heavy atom. The van der Waals surface area contributed by atoms with Crippen molar-refractivity contribution in [3.63, 3.8) is 0 Å². The van der Waals surface area contributed by atoms with Gasteiger partial charge in [-0.15, -0.1) is 0 Å². The molecule has 0 aliphatic rings. The van der Waals surface area contributed by atoms with Gasteiger partial charge in [0.25, 0.3) is 0 Å². The van der Waals surface area contributed by atoms with E-state index in [1.165, 1.54) is 22.3 Å². The van der Waals surface area contributed by atoms with Crippen molar-refractivity contribution in [1.82, 2.24) is 0 Å². The van der Waals surface area contributed by atoms with Crippen LogP contribution in [-0.4, -0.2) is 6.54 Å². The summed E-state index contributed by atoms with van der Waals surface area (Å²) in [6.45, 7) is 5.48. The maximum Gasteiger partial charge on any atom is 0.134 e. The van der Waals surface area contributed by atoms with Crippen LogP contribution in [-0.2, 0) is 13.0 Å². The van der Waals surface area contributed by atoms with Crippen molar-refractivity contribution in [1.29, 1.82) is 0 Å². The van der Waals surface area contributed by atoms with Crippen LogP contribution in [0.4, 0.5) is 0 Å². The Hall–Kier alpha value is -1.32. The molecule has 0 aromatic heterocycles. The summed E-state index contributed by atoms with van der Waals surface area (Å²) in [5.74, 6) is 0.869. The molecule has 0 fully saturated rings. The van der Waals surface area contributed by atoms with Gasteiger partial charge in [0.1, 0.15) is 12.4 Å². The van der Waals surface area contributed by atoms with E-state index in [4.69, 9.17) is 10.5 Å². The minimum absolute atomic E-state index is 0.591. The summed E-state index contributed by atoms with van der Waals surface area (Å²) in [5, 5.41) is 0. The van der Waals surface area contributed by atoms with E-state index >= 15 is 0 Å². The number of rotatable bonds is 5. The van der Waals surface area contributed by atoms with E-state index < -0.39 is 0 Å². The Bertz CT molecular complexity index is 575. The molecule has 0 aliphatic heterocycles. The number of benzene rings is 2. The van der Waals surface area contributed by atoms with Crippen molar-refractivity contribution in [2.75, 3.05) is 6.54 Å². The molecule has 0 atom stereocenters. The van der Waals surface area contributed by atoms with Gasteiger partial charge in [-0.3, -0.25) is 0 Å². The standard InChI is InChI=1S/C17H20BrNO/c1-12-4-3-5-13(2)15(12)11-20-17-7-6-14(8-9-19)10-16(17)18/h3-7,10H,8-9,11,19H2,1-2H3. The van der Waals surface area contributed by atoms with Gasteiger partial charge < -0.3 is 10.5 Å². The van der Waals surface area contributed by atoms with Crippen molar-refractivity contribution in [3.8, 4) is 5.75 Å². The van der Waals surface area contributed by atoms with E-state index in [0.29, 0.717) is 13.2 Å². The van der Waals surface area contributed by atoms with Crippen molar-refractivity contribution >= 4 is 15.9 Å². The first-order valence-corrected chi connectivity index (χ1v) is 7.57. The van der Waals surface area contributed by atoms with Crippen LogP contribution in [0.2, 0.25) is 0 Å². The third-order valence-electron chi connectivity index (χ3n) is 3.45. The van der Waals surface area contributed by atoms with Crippen LogP contribution in [0.1, 0.15) is 22.3 Å². The van der Waals surface area contributed by atoms with Gasteiger partial charge >= 0.3 is 0 Å². The SMILES string of the molecule is Cc1cccc(C)c1COc1ccc(CCN)cc1Br. The van der Waals surface area contributed by atoms with Crippen molar-refractivity contribution in [2.24, 2.45) is 5.73 Å². The molecule has 0 amide bonds. The Balaban J connectivity index is 2.11. The summed E-state index contributed by atoms with van der Waals surface area (Å²) in [6.07, 6.45) is 0.885. The Labute approximate surface area is 129 Å². The zero-order valence-electron chi connectivity index (χ0n) is 11.9. The number of aryl methyl sites for hydroxylation is 2. The number of hydrogen-bond donors (Lipinski definition) is 1. The average molecular weight is 334 g/mol. The Morgan fingerprint density at radius 3 is 2.40 bits per heavy atom. The third-order valence-corrected chi connectivity index (χ3v) is 4.07. The first kappa shape index (κ1) is 15.1. The molecule has 0 aliphatic carbocycles. The minimum Gasteiger partial charge on any atom is -0.488 e. The molecule has 0 spiro atoms. The molecule has 0 saturated heterocycles. The molecule has 0 unspecified atom stereocenters. The second-order valence-corrected chi connectivity index (χ2v) is 5.82. The fourth-order valence-electron chi connectivity index (χ4n) is 2.21. The first-order chi connectivity index (χ1) is 9.61. The van der Waals surface area contributed by atoms with E-state index in [2.05, 4.69) is 60.1 Å². The van der Waals surface area contributed by atoms with Gasteiger partial charge in [-0.25, -0.2) is 0 Å². The van der Waals surface area contributed by atoms with Crippen LogP contribution in [0.25, 0.3) is 0 Å². The van der Waals surface area contributed by atoms with Crippen LogP contribution < -0.4 is 10.5 Å². The molecule has 2 aromatic rings. The number of ether oxygens (including phenoxy) is 1. The molecule has 0 heterocycles. The highest BCUT2D eigenvalue weighted by molar-refractivity contribution is 9.10. The molecule has 106 valence electrons. The summed E-state index contributed by atoms with van der Waals surface area (Å²) in [5.41, 5.74) is 10.6. The van der Waals surface area contributed by atoms with Gasteiger partial charge in [0.15, 0.2) is 0 Å². The molecule has 20 heavy (non-hydrogen) atoms. The molecule has 2 rings (SSSR count). The lowest BCUT2D eigenvalue weighted by atomic mass is 10.0. The lowest BCUT2D eigenvalue weighted by Crippen LogP contribution is -2.03. The highest BCUT2D eigenvalue weighted by atomic mass is 79.9. The van der Waals surface area contributed by atoms with Crippen LogP contribution in [0.5, 0.6) is 5.75 Å². The fraction of sp³-hybridized carbons (Fsp3) is 0.294. The molecule has 3 heteroatoms. The van der Waals surface area contributed by atoms with Crippen LogP contribution in [0.15, 0.2) is 40.9 Å². The second-order valence-electron chi connectivity index (χ2n) is 4.96. The number of hydrogen-bond acceptors (Lipinski definition) is 2. The van der Waals surface area contributed by atoms with E-state index in [-0.39, 0.29) is 0 Å². The smallest absolute Gasteiger partial charge is 0.134 e. The van der Waals surface area contributed by atoms with Gasteiger partial charge in [0, 0.05) is 0 Å². The number of nitrogens with two attached hydrogens (primary N) is 1. The highest BCUT2D eigenvalue weighted by Crippen LogP contribution is 2.27. The Morgan fingerprint density at radius 2 is 1.80 bits per heavy atom. The normalized spacial score (nSPS) is 10.6. The topological polar surface area (TPSA) is 35.2 Å². The summed E-state index contributed by atoms with van der Waals surface area (Å²) < 4.78 is 6.92. The highest BCUT2D eigenvalue weighted by Gasteiger charge is 2.06.